The Morgan fingerprint density at radius 2 is 0.622 bits per heavy atom. The molecule has 0 aliphatic heterocycles. The summed E-state index contributed by atoms with van der Waals surface area (Å²) in [6, 6.07) is 0. The van der Waals surface area contributed by atoms with E-state index in [9.17, 15) is 9.59 Å². The summed E-state index contributed by atoms with van der Waals surface area (Å²) in [7, 11) is 0. The van der Waals surface area contributed by atoms with Gasteiger partial charge in [-0.25, -0.2) is 0 Å². The maximum atomic E-state index is 12.4. The molecular formula is C39H78N2O4. The molecular weight excluding hydrogens is 560 g/mol. The van der Waals surface area contributed by atoms with E-state index in [4.69, 9.17) is 20.9 Å². The fourth-order valence-electron chi connectivity index (χ4n) is 6.03. The van der Waals surface area contributed by atoms with Crippen LogP contribution in [0.5, 0.6) is 0 Å². The Hall–Kier alpha value is -1.14. The van der Waals surface area contributed by atoms with Gasteiger partial charge in [-0.05, 0) is 12.8 Å². The number of nitrogens with two attached hydrogens (primary N) is 2. The van der Waals surface area contributed by atoms with Crippen LogP contribution < -0.4 is 11.5 Å². The second-order valence-corrected chi connectivity index (χ2v) is 13.7. The average Bonchev–Trinajstić information content (AvgIpc) is 3.00. The van der Waals surface area contributed by atoms with Crippen molar-refractivity contribution in [2.75, 3.05) is 0 Å². The van der Waals surface area contributed by atoms with E-state index >= 15 is 0 Å². The minimum Gasteiger partial charge on any atom is -0.425 e. The van der Waals surface area contributed by atoms with Crippen molar-refractivity contribution in [3.63, 3.8) is 0 Å². The number of ether oxygens (including phenoxy) is 2. The van der Waals surface area contributed by atoms with Crippen molar-refractivity contribution >= 4 is 11.9 Å². The minimum atomic E-state index is -0.988. The zero-order chi connectivity index (χ0) is 33.1. The van der Waals surface area contributed by atoms with Crippen LogP contribution in [0, 0.1) is 0 Å². The van der Waals surface area contributed by atoms with Crippen molar-refractivity contribution in [2.45, 2.75) is 238 Å². The Morgan fingerprint density at radius 3 is 0.844 bits per heavy atom. The van der Waals surface area contributed by atoms with E-state index in [0.29, 0.717) is 12.8 Å². The lowest BCUT2D eigenvalue weighted by molar-refractivity contribution is -0.189. The summed E-state index contributed by atoms with van der Waals surface area (Å²) in [5, 5.41) is 0. The van der Waals surface area contributed by atoms with E-state index in [-0.39, 0.29) is 18.4 Å². The molecule has 0 aromatic heterocycles. The highest BCUT2D eigenvalue weighted by molar-refractivity contribution is 5.71. The van der Waals surface area contributed by atoms with Crippen LogP contribution in [-0.4, -0.2) is 24.4 Å². The van der Waals surface area contributed by atoms with Crippen LogP contribution in [0.2, 0.25) is 0 Å². The number of carbonyl (C=O) groups excluding carboxylic acids is 2. The van der Waals surface area contributed by atoms with E-state index in [1.165, 1.54) is 154 Å². The zero-order valence-electron chi connectivity index (χ0n) is 30.3. The van der Waals surface area contributed by atoms with Gasteiger partial charge in [0.2, 0.25) is 6.29 Å². The predicted molar refractivity (Wildman–Crippen MR) is 192 cm³/mol. The molecule has 0 aliphatic carbocycles. The van der Waals surface area contributed by atoms with Crippen LogP contribution in [0.15, 0.2) is 0 Å². The molecule has 0 rings (SSSR count). The highest BCUT2D eigenvalue weighted by Crippen LogP contribution is 2.16. The highest BCUT2D eigenvalue weighted by Gasteiger charge is 2.20. The number of hydrogen-bond acceptors (Lipinski definition) is 6. The van der Waals surface area contributed by atoms with Crippen LogP contribution in [-0.2, 0) is 19.1 Å². The normalized spacial score (nSPS) is 11.5. The molecule has 0 spiro atoms. The molecule has 4 N–H and O–H groups in total. The van der Waals surface area contributed by atoms with Gasteiger partial charge in [-0.3, -0.25) is 9.59 Å². The van der Waals surface area contributed by atoms with Crippen LogP contribution >= 0.6 is 0 Å². The highest BCUT2D eigenvalue weighted by atomic mass is 16.7. The third-order valence-corrected chi connectivity index (χ3v) is 8.96. The van der Waals surface area contributed by atoms with Crippen LogP contribution in [0.25, 0.3) is 0 Å². The van der Waals surface area contributed by atoms with Gasteiger partial charge >= 0.3 is 11.9 Å². The lowest BCUT2D eigenvalue weighted by atomic mass is 10.0. The van der Waals surface area contributed by atoms with Gasteiger partial charge in [0.1, 0.15) is 0 Å². The van der Waals surface area contributed by atoms with E-state index in [1.54, 1.807) is 0 Å². The van der Waals surface area contributed by atoms with Crippen molar-refractivity contribution in [1.82, 2.24) is 0 Å². The Bertz CT molecular complexity index is 580. The van der Waals surface area contributed by atoms with Gasteiger partial charge < -0.3 is 20.9 Å². The monoisotopic (exact) mass is 639 g/mol. The van der Waals surface area contributed by atoms with Crippen LogP contribution in [0.1, 0.15) is 226 Å². The maximum absolute atomic E-state index is 12.4. The summed E-state index contributed by atoms with van der Waals surface area (Å²) in [6.45, 7) is 4.54. The standard InChI is InChI=1S/C39H78N2O4/c1-3-5-7-9-11-13-15-17-19-21-23-25-27-29-31-33-37(42)44-39(35-36(40)41)45-38(43)34-32-30-28-26-24-22-20-18-16-14-12-10-8-6-4-2/h36,39H,3-35,40-41H2,1-2H3. The molecule has 0 fully saturated rings. The first-order chi connectivity index (χ1) is 22.0. The summed E-state index contributed by atoms with van der Waals surface area (Å²) < 4.78 is 10.9. The van der Waals surface area contributed by atoms with Crippen LogP contribution in [0.4, 0.5) is 0 Å². The first-order valence-corrected chi connectivity index (χ1v) is 19.9. The Balaban J connectivity index is 3.71. The smallest absolute Gasteiger partial charge is 0.308 e. The molecule has 0 amide bonds. The molecule has 45 heavy (non-hydrogen) atoms. The van der Waals surface area contributed by atoms with Gasteiger partial charge in [0.05, 0.1) is 12.6 Å². The Labute approximate surface area is 280 Å². The number of unbranched alkanes of at least 4 members (excludes halogenated alkanes) is 28. The summed E-state index contributed by atoms with van der Waals surface area (Å²) in [6.07, 6.45) is 37.6. The van der Waals surface area contributed by atoms with Gasteiger partial charge in [0.15, 0.2) is 0 Å². The summed E-state index contributed by atoms with van der Waals surface area (Å²) in [5.74, 6) is -0.676. The molecule has 0 atom stereocenters. The number of carbonyl (C=O) groups is 2. The van der Waals surface area contributed by atoms with Crippen molar-refractivity contribution in [3.05, 3.63) is 0 Å². The molecule has 0 aliphatic rings. The molecule has 0 saturated carbocycles. The third-order valence-electron chi connectivity index (χ3n) is 8.96. The molecule has 0 bridgehead atoms. The first-order valence-electron chi connectivity index (χ1n) is 19.9. The van der Waals surface area contributed by atoms with E-state index in [1.807, 2.05) is 0 Å². The van der Waals surface area contributed by atoms with E-state index < -0.39 is 12.5 Å². The van der Waals surface area contributed by atoms with Gasteiger partial charge in [-0.15, -0.1) is 0 Å². The first kappa shape index (κ1) is 43.9. The molecule has 0 heterocycles. The predicted octanol–water partition coefficient (Wildman–Crippen LogP) is 11.6. The molecule has 0 aromatic rings. The summed E-state index contributed by atoms with van der Waals surface area (Å²) >= 11 is 0. The van der Waals surface area contributed by atoms with Crippen molar-refractivity contribution in [1.29, 1.82) is 0 Å². The molecule has 6 heteroatoms. The zero-order valence-corrected chi connectivity index (χ0v) is 30.3. The van der Waals surface area contributed by atoms with E-state index in [2.05, 4.69) is 13.8 Å². The van der Waals surface area contributed by atoms with Gasteiger partial charge in [0, 0.05) is 12.8 Å². The quantitative estimate of drug-likeness (QED) is 0.0402. The minimum absolute atomic E-state index is 0.120. The fourth-order valence-corrected chi connectivity index (χ4v) is 6.03. The number of rotatable bonds is 36. The molecule has 6 nitrogen and oxygen atoms in total. The molecule has 0 aromatic carbocycles. The third kappa shape index (κ3) is 35.6. The lowest BCUT2D eigenvalue weighted by Crippen LogP contribution is -2.38. The van der Waals surface area contributed by atoms with Gasteiger partial charge in [0.25, 0.3) is 0 Å². The van der Waals surface area contributed by atoms with Crippen LogP contribution in [0.3, 0.4) is 0 Å². The Morgan fingerprint density at radius 1 is 0.400 bits per heavy atom. The van der Waals surface area contributed by atoms with Crippen molar-refractivity contribution < 1.29 is 19.1 Å². The number of esters is 2. The second-order valence-electron chi connectivity index (χ2n) is 13.7. The largest absolute Gasteiger partial charge is 0.425 e. The van der Waals surface area contributed by atoms with Gasteiger partial charge in [-0.2, -0.15) is 0 Å². The Kier molecular flexibility index (Phi) is 34.8. The molecule has 0 unspecified atom stereocenters. The SMILES string of the molecule is CCCCCCCCCCCCCCCCCC(=O)OC(CC(N)N)OC(=O)CCCCCCCCCCCCCCCCC. The second kappa shape index (κ2) is 35.7. The van der Waals surface area contributed by atoms with Crippen molar-refractivity contribution in [2.24, 2.45) is 11.5 Å². The molecule has 0 saturated heterocycles. The lowest BCUT2D eigenvalue weighted by Gasteiger charge is -2.20. The molecule has 0 radical (unpaired) electrons. The summed E-state index contributed by atoms with van der Waals surface area (Å²) in [5.41, 5.74) is 11.4. The molecule has 268 valence electrons. The van der Waals surface area contributed by atoms with Crippen molar-refractivity contribution in [3.8, 4) is 0 Å². The fraction of sp³-hybridized carbons (Fsp3) is 0.949. The van der Waals surface area contributed by atoms with Gasteiger partial charge in [-0.1, -0.05) is 194 Å². The van der Waals surface area contributed by atoms with E-state index in [0.717, 1.165) is 38.5 Å². The average molecular weight is 639 g/mol. The number of hydrogen-bond donors (Lipinski definition) is 2. The topological polar surface area (TPSA) is 105 Å². The maximum Gasteiger partial charge on any atom is 0.308 e. The summed E-state index contributed by atoms with van der Waals surface area (Å²) in [4.78, 5) is 24.7.